The van der Waals surface area contributed by atoms with E-state index >= 15 is 0 Å². The Hall–Kier alpha value is -1.51. The molecule has 7 aliphatic rings. The molecule has 8 heteroatoms. The maximum Gasteiger partial charge on any atom is 0.240 e. The van der Waals surface area contributed by atoms with Crippen molar-refractivity contribution in [2.45, 2.75) is 49.5 Å². The van der Waals surface area contributed by atoms with Crippen LogP contribution in [0, 0.1) is 23.7 Å². The first-order chi connectivity index (χ1) is 12.9. The van der Waals surface area contributed by atoms with Crippen LogP contribution in [0.5, 0.6) is 0 Å². The Kier molecular flexibility index (Phi) is 3.23. The van der Waals surface area contributed by atoms with Gasteiger partial charge in [-0.05, 0) is 31.1 Å². The third-order valence-corrected chi connectivity index (χ3v) is 7.72. The zero-order valence-corrected chi connectivity index (χ0v) is 15.2. The van der Waals surface area contributed by atoms with E-state index in [0.29, 0.717) is 18.3 Å². The molecule has 1 aliphatic carbocycles. The summed E-state index contributed by atoms with van der Waals surface area (Å²) in [4.78, 5) is 41.8. The summed E-state index contributed by atoms with van der Waals surface area (Å²) in [6.45, 7) is 2.93. The van der Waals surface area contributed by atoms with Gasteiger partial charge in [0.25, 0.3) is 0 Å². The normalized spacial score (nSPS) is 52.0. The molecular formula is C19H25N3O5. The molecule has 0 spiro atoms. The Bertz CT molecular complexity index is 704. The molecule has 146 valence electrons. The van der Waals surface area contributed by atoms with E-state index in [4.69, 9.17) is 4.74 Å². The fraction of sp³-hybridized carbons (Fsp3) is 0.842. The van der Waals surface area contributed by atoms with E-state index in [1.165, 1.54) is 6.42 Å². The summed E-state index contributed by atoms with van der Waals surface area (Å²) in [5, 5.41) is 13.2. The molecule has 6 saturated heterocycles. The van der Waals surface area contributed by atoms with Gasteiger partial charge in [-0.15, -0.1) is 0 Å². The minimum Gasteiger partial charge on any atom is -0.390 e. The number of carbonyl (C=O) groups excluding carboxylic acids is 3. The molecule has 27 heavy (non-hydrogen) atoms. The first kappa shape index (κ1) is 16.4. The highest BCUT2D eigenvalue weighted by molar-refractivity contribution is 6.08. The SMILES string of the molecule is O=C(CN1C(=O)C2C3CC(O)C(O3)C2C1=O)N[C@@]12C[C@@H]3C[C@@H](C[N@](C3)C1)C2. The topological polar surface area (TPSA) is 99.2 Å². The van der Waals surface area contributed by atoms with Crippen molar-refractivity contribution in [3.8, 4) is 0 Å². The van der Waals surface area contributed by atoms with Crippen molar-refractivity contribution in [3.05, 3.63) is 0 Å². The molecule has 9 atom stereocenters. The van der Waals surface area contributed by atoms with Crippen LogP contribution >= 0.6 is 0 Å². The van der Waals surface area contributed by atoms with Gasteiger partial charge in [0.05, 0.1) is 35.7 Å². The summed E-state index contributed by atoms with van der Waals surface area (Å²) in [5.41, 5.74) is -0.193. The van der Waals surface area contributed by atoms with Crippen LogP contribution in [-0.4, -0.2) is 82.7 Å². The van der Waals surface area contributed by atoms with Crippen molar-refractivity contribution in [1.29, 1.82) is 0 Å². The smallest absolute Gasteiger partial charge is 0.240 e. The first-order valence-corrected chi connectivity index (χ1v) is 10.1. The number of fused-ring (bicyclic) bond motifs is 5. The second-order valence-corrected chi connectivity index (χ2v) is 9.65. The van der Waals surface area contributed by atoms with Crippen LogP contribution in [0.3, 0.4) is 0 Å². The predicted octanol–water partition coefficient (Wildman–Crippen LogP) is -1.28. The van der Waals surface area contributed by atoms with Crippen LogP contribution in [0.15, 0.2) is 0 Å². The van der Waals surface area contributed by atoms with Crippen LogP contribution in [0.1, 0.15) is 25.7 Å². The second kappa shape index (κ2) is 5.30. The van der Waals surface area contributed by atoms with E-state index in [1.54, 1.807) is 0 Å². The third-order valence-electron chi connectivity index (χ3n) is 7.72. The Labute approximate surface area is 157 Å². The molecule has 0 radical (unpaired) electrons. The number of hydrogen-bond acceptors (Lipinski definition) is 6. The highest BCUT2D eigenvalue weighted by Crippen LogP contribution is 2.49. The van der Waals surface area contributed by atoms with Gasteiger partial charge in [0, 0.05) is 26.1 Å². The predicted molar refractivity (Wildman–Crippen MR) is 91.1 cm³/mol. The Morgan fingerprint density at radius 1 is 1.15 bits per heavy atom. The second-order valence-electron chi connectivity index (χ2n) is 9.65. The average Bonchev–Trinajstić information content (AvgIpc) is 3.20. The molecule has 3 amide bonds. The molecule has 8 nitrogen and oxygen atoms in total. The lowest BCUT2D eigenvalue weighted by Crippen LogP contribution is -2.69. The lowest BCUT2D eigenvalue weighted by molar-refractivity contribution is -0.147. The number of piperidine rings is 3. The van der Waals surface area contributed by atoms with Crippen LogP contribution < -0.4 is 5.32 Å². The van der Waals surface area contributed by atoms with Gasteiger partial charge < -0.3 is 20.1 Å². The van der Waals surface area contributed by atoms with Crippen LogP contribution in [0.4, 0.5) is 0 Å². The molecule has 7 rings (SSSR count). The standard InChI is InChI=1S/C19H25N3O5/c23-11-2-12-14-15(16(11)27-12)18(26)22(17(14)25)7-13(24)20-19-3-9-1-10(4-19)6-21(5-9)8-19/h9-12,14-16,23H,1-8H2,(H,20,24)/t9-,10+,11?,12?,14?,15?,16?,19+. The maximum atomic E-state index is 12.8. The summed E-state index contributed by atoms with van der Waals surface area (Å²) < 4.78 is 5.61. The molecule has 0 aromatic heterocycles. The number of imide groups is 1. The fourth-order valence-corrected chi connectivity index (χ4v) is 7.16. The van der Waals surface area contributed by atoms with Crippen molar-refractivity contribution in [1.82, 2.24) is 15.1 Å². The van der Waals surface area contributed by atoms with Crippen molar-refractivity contribution in [2.75, 3.05) is 26.2 Å². The number of aliphatic hydroxyl groups excluding tert-OH is 1. The molecule has 6 bridgehead atoms. The van der Waals surface area contributed by atoms with Gasteiger partial charge in [-0.2, -0.15) is 0 Å². The van der Waals surface area contributed by atoms with Gasteiger partial charge in [-0.25, -0.2) is 0 Å². The lowest BCUT2D eigenvalue weighted by Gasteiger charge is -2.58. The minimum absolute atomic E-state index is 0.193. The van der Waals surface area contributed by atoms with E-state index < -0.39 is 30.1 Å². The van der Waals surface area contributed by atoms with Crippen molar-refractivity contribution < 1.29 is 24.2 Å². The Morgan fingerprint density at radius 2 is 1.85 bits per heavy atom. The maximum absolute atomic E-state index is 12.8. The lowest BCUT2D eigenvalue weighted by atomic mass is 9.64. The van der Waals surface area contributed by atoms with Gasteiger partial charge in [-0.1, -0.05) is 0 Å². The number of amides is 3. The number of ether oxygens (including phenoxy) is 1. The number of likely N-dealkylation sites (tertiary alicyclic amines) is 1. The van der Waals surface area contributed by atoms with Crippen LogP contribution in [0.2, 0.25) is 0 Å². The van der Waals surface area contributed by atoms with E-state index in [2.05, 4.69) is 10.2 Å². The molecule has 5 unspecified atom stereocenters. The van der Waals surface area contributed by atoms with Gasteiger partial charge in [0.1, 0.15) is 6.54 Å². The number of rotatable bonds is 3. The number of hydrogen-bond donors (Lipinski definition) is 2. The highest BCUT2D eigenvalue weighted by Gasteiger charge is 2.65. The third kappa shape index (κ3) is 2.23. The Morgan fingerprint density at radius 3 is 2.56 bits per heavy atom. The van der Waals surface area contributed by atoms with Gasteiger partial charge in [-0.3, -0.25) is 19.3 Å². The molecule has 1 saturated carbocycles. The van der Waals surface area contributed by atoms with E-state index in [1.807, 2.05) is 0 Å². The molecule has 0 aromatic carbocycles. The van der Waals surface area contributed by atoms with E-state index in [0.717, 1.165) is 37.4 Å². The summed E-state index contributed by atoms with van der Waals surface area (Å²) in [6.07, 6.45) is 1.98. The number of aliphatic hydroxyl groups is 1. The van der Waals surface area contributed by atoms with Crippen molar-refractivity contribution in [3.63, 3.8) is 0 Å². The number of nitrogens with zero attached hydrogens (tertiary/aromatic N) is 2. The van der Waals surface area contributed by atoms with Gasteiger partial charge in [0.2, 0.25) is 17.7 Å². The zero-order chi connectivity index (χ0) is 18.5. The van der Waals surface area contributed by atoms with Crippen molar-refractivity contribution >= 4 is 17.7 Å². The fourth-order valence-electron chi connectivity index (χ4n) is 7.16. The summed E-state index contributed by atoms with van der Waals surface area (Å²) in [7, 11) is 0. The average molecular weight is 375 g/mol. The van der Waals surface area contributed by atoms with Crippen LogP contribution in [-0.2, 0) is 19.1 Å². The molecule has 7 fully saturated rings. The van der Waals surface area contributed by atoms with Gasteiger partial charge >= 0.3 is 0 Å². The van der Waals surface area contributed by atoms with Gasteiger partial charge in [0.15, 0.2) is 0 Å². The molecule has 0 aromatic rings. The minimum atomic E-state index is -0.692. The number of carbonyl (C=O) groups is 3. The summed E-state index contributed by atoms with van der Waals surface area (Å²) >= 11 is 0. The quantitative estimate of drug-likeness (QED) is 0.596. The zero-order valence-electron chi connectivity index (χ0n) is 15.2. The molecular weight excluding hydrogens is 350 g/mol. The first-order valence-electron chi connectivity index (χ1n) is 10.1. The van der Waals surface area contributed by atoms with E-state index in [-0.39, 0.29) is 29.8 Å². The Balaban J connectivity index is 1.16. The van der Waals surface area contributed by atoms with E-state index in [9.17, 15) is 19.5 Å². The summed E-state index contributed by atoms with van der Waals surface area (Å²) in [5.74, 6) is -0.761. The largest absolute Gasteiger partial charge is 0.390 e. The molecule has 6 heterocycles. The van der Waals surface area contributed by atoms with Crippen LogP contribution in [0.25, 0.3) is 0 Å². The molecule has 6 aliphatic heterocycles. The number of nitrogens with one attached hydrogen (secondary N) is 1. The molecule has 2 N–H and O–H groups in total. The van der Waals surface area contributed by atoms with Crippen molar-refractivity contribution in [2.24, 2.45) is 23.7 Å². The summed E-state index contributed by atoms with van der Waals surface area (Å²) in [6, 6.07) is 0. The monoisotopic (exact) mass is 375 g/mol. The highest BCUT2D eigenvalue weighted by atomic mass is 16.5.